The second-order valence-corrected chi connectivity index (χ2v) is 4.58. The average Bonchev–Trinajstić information content (AvgIpc) is 2.46. The van der Waals surface area contributed by atoms with Gasteiger partial charge < -0.3 is 15.0 Å². The molecule has 1 amide bonds. The van der Waals surface area contributed by atoms with Gasteiger partial charge in [-0.15, -0.1) is 11.6 Å². The van der Waals surface area contributed by atoms with Crippen LogP contribution in [0.2, 0.25) is 0 Å². The Balaban J connectivity index is 2.20. The fraction of sp³-hybridized carbons (Fsp3) is 0.286. The summed E-state index contributed by atoms with van der Waals surface area (Å²) in [5, 5.41) is 3.55. The van der Waals surface area contributed by atoms with Crippen molar-refractivity contribution in [2.45, 2.75) is 6.42 Å². The van der Waals surface area contributed by atoms with Crippen LogP contribution in [0.4, 0.5) is 0 Å². The molecule has 5 nitrogen and oxygen atoms in total. The van der Waals surface area contributed by atoms with Gasteiger partial charge in [-0.2, -0.15) is 0 Å². The lowest BCUT2D eigenvalue weighted by molar-refractivity contribution is -0.118. The Morgan fingerprint density at radius 2 is 2.20 bits per heavy atom. The van der Waals surface area contributed by atoms with E-state index in [1.54, 1.807) is 13.2 Å². The number of hydrogen-bond donors (Lipinski definition) is 2. The van der Waals surface area contributed by atoms with Crippen molar-refractivity contribution in [2.24, 2.45) is 0 Å². The van der Waals surface area contributed by atoms with Gasteiger partial charge in [0.2, 0.25) is 5.91 Å². The van der Waals surface area contributed by atoms with E-state index in [1.165, 1.54) is 0 Å². The highest BCUT2D eigenvalue weighted by atomic mass is 35.5. The summed E-state index contributed by atoms with van der Waals surface area (Å²) in [6.07, 6.45) is 0.458. The summed E-state index contributed by atoms with van der Waals surface area (Å²) in [4.78, 5) is 25.8. The fourth-order valence-electron chi connectivity index (χ4n) is 1.92. The lowest BCUT2D eigenvalue weighted by atomic mass is 10.1. The number of ether oxygens (including phenoxy) is 1. The Morgan fingerprint density at radius 1 is 1.40 bits per heavy atom. The maximum Gasteiger partial charge on any atom is 0.251 e. The van der Waals surface area contributed by atoms with Gasteiger partial charge in [0.1, 0.15) is 11.6 Å². The molecule has 0 aliphatic carbocycles. The van der Waals surface area contributed by atoms with Crippen molar-refractivity contribution >= 4 is 28.4 Å². The normalized spacial score (nSPS) is 10.5. The fourth-order valence-corrected chi connectivity index (χ4v) is 2.02. The molecule has 1 heterocycles. The monoisotopic (exact) mass is 294 g/mol. The molecule has 1 aromatic heterocycles. The molecule has 0 saturated carbocycles. The van der Waals surface area contributed by atoms with Crippen molar-refractivity contribution in [1.82, 2.24) is 10.3 Å². The van der Waals surface area contributed by atoms with Gasteiger partial charge in [0, 0.05) is 18.2 Å². The number of pyridine rings is 1. The number of H-pyrrole nitrogens is 1. The predicted octanol–water partition coefficient (Wildman–Crippen LogP) is 1.43. The molecule has 0 spiro atoms. The molecule has 0 atom stereocenters. The Morgan fingerprint density at radius 3 is 2.90 bits per heavy atom. The van der Waals surface area contributed by atoms with E-state index in [2.05, 4.69) is 10.3 Å². The number of carbonyl (C=O) groups excluding carboxylic acids is 1. The lowest BCUT2D eigenvalue weighted by Gasteiger charge is -2.06. The van der Waals surface area contributed by atoms with Crippen LogP contribution in [0.15, 0.2) is 29.1 Å². The highest BCUT2D eigenvalue weighted by Gasteiger charge is 2.05. The first-order chi connectivity index (χ1) is 9.63. The highest BCUT2D eigenvalue weighted by molar-refractivity contribution is 6.27. The van der Waals surface area contributed by atoms with E-state index >= 15 is 0 Å². The van der Waals surface area contributed by atoms with Crippen LogP contribution < -0.4 is 15.6 Å². The molecule has 0 unspecified atom stereocenters. The minimum absolute atomic E-state index is 0.0755. The van der Waals surface area contributed by atoms with E-state index in [0.29, 0.717) is 24.3 Å². The number of rotatable bonds is 5. The molecular formula is C14H15ClN2O3. The molecule has 0 radical (unpaired) electrons. The second kappa shape index (κ2) is 6.43. The summed E-state index contributed by atoms with van der Waals surface area (Å²) < 4.78 is 5.11. The summed E-state index contributed by atoms with van der Waals surface area (Å²) in [6.45, 7) is 0.385. The van der Waals surface area contributed by atoms with Crippen molar-refractivity contribution in [1.29, 1.82) is 0 Å². The van der Waals surface area contributed by atoms with Gasteiger partial charge in [-0.3, -0.25) is 9.59 Å². The van der Waals surface area contributed by atoms with Gasteiger partial charge in [-0.05, 0) is 30.0 Å². The van der Waals surface area contributed by atoms with Gasteiger partial charge in [0.25, 0.3) is 5.56 Å². The number of hydrogen-bond acceptors (Lipinski definition) is 3. The van der Waals surface area contributed by atoms with Crippen LogP contribution >= 0.6 is 11.6 Å². The number of aromatic amines is 1. The van der Waals surface area contributed by atoms with Gasteiger partial charge in [0.05, 0.1) is 12.6 Å². The Hall–Kier alpha value is -2.01. The van der Waals surface area contributed by atoms with Crippen molar-refractivity contribution in [2.75, 3.05) is 19.5 Å². The number of methoxy groups -OCH3 is 1. The minimum atomic E-state index is -0.242. The maximum absolute atomic E-state index is 11.9. The molecule has 0 bridgehead atoms. The highest BCUT2D eigenvalue weighted by Crippen LogP contribution is 2.18. The molecule has 106 valence electrons. The topological polar surface area (TPSA) is 71.2 Å². The van der Waals surface area contributed by atoms with E-state index in [0.717, 1.165) is 10.9 Å². The van der Waals surface area contributed by atoms with Crippen molar-refractivity contribution in [3.05, 3.63) is 40.2 Å². The minimum Gasteiger partial charge on any atom is -0.497 e. The van der Waals surface area contributed by atoms with E-state index in [-0.39, 0.29) is 17.3 Å². The third-order valence-corrected chi connectivity index (χ3v) is 3.21. The zero-order valence-corrected chi connectivity index (χ0v) is 11.8. The van der Waals surface area contributed by atoms with Crippen LogP contribution in [0.3, 0.4) is 0 Å². The number of aromatic nitrogens is 1. The zero-order valence-electron chi connectivity index (χ0n) is 11.0. The molecule has 1 aromatic carbocycles. The predicted molar refractivity (Wildman–Crippen MR) is 78.6 cm³/mol. The molecule has 2 N–H and O–H groups in total. The quantitative estimate of drug-likeness (QED) is 0.820. The van der Waals surface area contributed by atoms with Gasteiger partial charge >= 0.3 is 0 Å². The molecule has 2 rings (SSSR count). The first-order valence-electron chi connectivity index (χ1n) is 6.16. The van der Waals surface area contributed by atoms with E-state index < -0.39 is 0 Å². The molecule has 20 heavy (non-hydrogen) atoms. The van der Waals surface area contributed by atoms with Gasteiger partial charge in [0.15, 0.2) is 0 Å². The Labute approximate surface area is 120 Å². The number of nitrogens with one attached hydrogen (secondary N) is 2. The molecular weight excluding hydrogens is 280 g/mol. The first-order valence-corrected chi connectivity index (χ1v) is 6.70. The molecule has 0 aliphatic heterocycles. The third kappa shape index (κ3) is 3.30. The standard InChI is InChI=1S/C14H15ClN2O3/c1-20-11-3-2-9-6-10(4-5-16-13(18)8-15)14(19)17-12(9)7-11/h2-3,6-7H,4-5,8H2,1H3,(H,16,18)(H,17,19). The number of halogens is 1. The van der Waals surface area contributed by atoms with Crippen LogP contribution in [-0.4, -0.2) is 30.4 Å². The second-order valence-electron chi connectivity index (χ2n) is 4.31. The van der Waals surface area contributed by atoms with Gasteiger partial charge in [-0.1, -0.05) is 0 Å². The Kier molecular flexibility index (Phi) is 4.63. The van der Waals surface area contributed by atoms with Crippen molar-refractivity contribution in [3.63, 3.8) is 0 Å². The zero-order chi connectivity index (χ0) is 14.5. The molecule has 2 aromatic rings. The van der Waals surface area contributed by atoms with Crippen LogP contribution in [0.5, 0.6) is 5.75 Å². The van der Waals surface area contributed by atoms with E-state index in [9.17, 15) is 9.59 Å². The van der Waals surface area contributed by atoms with Crippen molar-refractivity contribution in [3.8, 4) is 5.75 Å². The maximum atomic E-state index is 11.9. The summed E-state index contributed by atoms with van der Waals surface area (Å²) in [7, 11) is 1.58. The van der Waals surface area contributed by atoms with Crippen molar-refractivity contribution < 1.29 is 9.53 Å². The number of carbonyl (C=O) groups is 1. The summed E-state index contributed by atoms with van der Waals surface area (Å²) in [5.74, 6) is 0.373. The average molecular weight is 295 g/mol. The van der Waals surface area contributed by atoms with Crippen LogP contribution in [0.25, 0.3) is 10.9 Å². The molecule has 0 aliphatic rings. The number of alkyl halides is 1. The van der Waals surface area contributed by atoms with Crippen LogP contribution in [0, 0.1) is 0 Å². The van der Waals surface area contributed by atoms with Crippen LogP contribution in [-0.2, 0) is 11.2 Å². The van der Waals surface area contributed by atoms with Gasteiger partial charge in [-0.25, -0.2) is 0 Å². The number of fused-ring (bicyclic) bond motifs is 1. The third-order valence-electron chi connectivity index (χ3n) is 2.97. The smallest absolute Gasteiger partial charge is 0.251 e. The summed E-state index contributed by atoms with van der Waals surface area (Å²) in [6, 6.07) is 7.31. The van der Waals surface area contributed by atoms with E-state index in [1.807, 2.05) is 18.2 Å². The molecule has 0 saturated heterocycles. The van der Waals surface area contributed by atoms with E-state index in [4.69, 9.17) is 16.3 Å². The SMILES string of the molecule is COc1ccc2cc(CCNC(=O)CCl)c(=O)[nH]c2c1. The Bertz CT molecular complexity index is 682. The largest absolute Gasteiger partial charge is 0.497 e. The molecule has 0 fully saturated rings. The first kappa shape index (κ1) is 14.4. The number of amides is 1. The van der Waals surface area contributed by atoms with Crippen LogP contribution in [0.1, 0.15) is 5.56 Å². The molecule has 6 heteroatoms. The number of benzene rings is 1. The lowest BCUT2D eigenvalue weighted by Crippen LogP contribution is -2.28. The summed E-state index contributed by atoms with van der Waals surface area (Å²) in [5.41, 5.74) is 1.19. The summed E-state index contributed by atoms with van der Waals surface area (Å²) >= 11 is 5.38.